The van der Waals surface area contributed by atoms with Gasteiger partial charge >= 0.3 is 0 Å². The third-order valence-corrected chi connectivity index (χ3v) is 4.11. The Balaban J connectivity index is 2.35. The van der Waals surface area contributed by atoms with Crippen molar-refractivity contribution in [3.8, 4) is 0 Å². The molecule has 0 aliphatic carbocycles. The van der Waals surface area contributed by atoms with Crippen molar-refractivity contribution in [2.45, 2.75) is 40.2 Å². The largest absolute Gasteiger partial charge is 0.389 e. The molecular weight excluding hydrogens is 256 g/mol. The van der Waals surface area contributed by atoms with Gasteiger partial charge in [-0.3, -0.25) is 9.69 Å². The molecule has 0 saturated carbocycles. The van der Waals surface area contributed by atoms with Crippen LogP contribution in [0.2, 0.25) is 0 Å². The highest BCUT2D eigenvalue weighted by Crippen LogP contribution is 2.23. The van der Waals surface area contributed by atoms with Gasteiger partial charge in [-0.1, -0.05) is 20.8 Å². The molecule has 1 rings (SSSR count). The second-order valence-corrected chi connectivity index (χ2v) is 6.14. The number of amides is 1. The van der Waals surface area contributed by atoms with Crippen LogP contribution >= 0.6 is 0 Å². The Morgan fingerprint density at radius 1 is 1.25 bits per heavy atom. The molecule has 1 N–H and O–H groups in total. The number of ether oxygens (including phenoxy) is 1. The molecule has 0 bridgehead atoms. The summed E-state index contributed by atoms with van der Waals surface area (Å²) in [6.45, 7) is 12.8. The summed E-state index contributed by atoms with van der Waals surface area (Å²) in [4.78, 5) is 16.5. The van der Waals surface area contributed by atoms with E-state index in [1.54, 1.807) is 0 Å². The van der Waals surface area contributed by atoms with Crippen LogP contribution in [0.3, 0.4) is 0 Å². The molecule has 1 fully saturated rings. The van der Waals surface area contributed by atoms with Gasteiger partial charge in [-0.05, 0) is 13.3 Å². The van der Waals surface area contributed by atoms with Gasteiger partial charge in [0.05, 0.1) is 12.7 Å². The van der Waals surface area contributed by atoms with Crippen LogP contribution < -0.4 is 0 Å². The smallest absolute Gasteiger partial charge is 0.228 e. The Bertz CT molecular complexity index is 299. The maximum atomic E-state index is 12.4. The number of aliphatic hydroxyl groups excluding tert-OH is 1. The molecule has 0 aromatic heterocycles. The minimum absolute atomic E-state index is 0.245. The Labute approximate surface area is 122 Å². The maximum Gasteiger partial charge on any atom is 0.228 e. The van der Waals surface area contributed by atoms with E-state index in [0.29, 0.717) is 19.8 Å². The van der Waals surface area contributed by atoms with Crippen LogP contribution in [-0.2, 0) is 9.53 Å². The van der Waals surface area contributed by atoms with Gasteiger partial charge in [0.15, 0.2) is 0 Å². The van der Waals surface area contributed by atoms with Crippen LogP contribution in [0.5, 0.6) is 0 Å². The third-order valence-electron chi connectivity index (χ3n) is 4.11. The van der Waals surface area contributed by atoms with Crippen molar-refractivity contribution in [1.82, 2.24) is 9.80 Å². The van der Waals surface area contributed by atoms with E-state index < -0.39 is 6.10 Å². The van der Waals surface area contributed by atoms with Crippen molar-refractivity contribution >= 4 is 5.91 Å². The van der Waals surface area contributed by atoms with Crippen molar-refractivity contribution in [2.75, 3.05) is 45.9 Å². The number of nitrogens with zero attached hydrogens (tertiary/aromatic N) is 2. The molecule has 20 heavy (non-hydrogen) atoms. The fraction of sp³-hybridized carbons (Fsp3) is 0.933. The monoisotopic (exact) mass is 286 g/mol. The van der Waals surface area contributed by atoms with Gasteiger partial charge in [0.1, 0.15) is 0 Å². The van der Waals surface area contributed by atoms with Crippen molar-refractivity contribution in [2.24, 2.45) is 5.41 Å². The van der Waals surface area contributed by atoms with Crippen LogP contribution in [-0.4, -0.2) is 72.9 Å². The molecule has 1 saturated heterocycles. The fourth-order valence-electron chi connectivity index (χ4n) is 2.32. The van der Waals surface area contributed by atoms with Crippen LogP contribution in [0.25, 0.3) is 0 Å². The van der Waals surface area contributed by atoms with E-state index in [2.05, 4.69) is 11.8 Å². The van der Waals surface area contributed by atoms with Crippen LogP contribution in [0.15, 0.2) is 0 Å². The Kier molecular flexibility index (Phi) is 6.92. The lowest BCUT2D eigenvalue weighted by Gasteiger charge is -2.38. The molecule has 5 heteroatoms. The summed E-state index contributed by atoms with van der Waals surface area (Å²) in [6, 6.07) is 0. The molecule has 1 aliphatic heterocycles. The Morgan fingerprint density at radius 2 is 1.85 bits per heavy atom. The zero-order chi connectivity index (χ0) is 15.2. The first-order valence-electron chi connectivity index (χ1n) is 7.68. The topological polar surface area (TPSA) is 53.0 Å². The van der Waals surface area contributed by atoms with E-state index in [-0.39, 0.29) is 11.3 Å². The number of hydrogen-bond acceptors (Lipinski definition) is 4. The standard InChI is InChI=1S/C15H30N2O3/c1-5-15(3,4)14(19)17-9-7-16(8-10-17)11-13(18)12-20-6-2/h13,18H,5-12H2,1-4H3/t13-/m0/s1. The lowest BCUT2D eigenvalue weighted by Crippen LogP contribution is -2.53. The van der Waals surface area contributed by atoms with Gasteiger partial charge in [0, 0.05) is 44.7 Å². The minimum atomic E-state index is -0.440. The third kappa shape index (κ3) is 5.04. The first-order valence-corrected chi connectivity index (χ1v) is 7.68. The number of β-amino-alcohol motifs (C(OH)–C–C–N with tert-alkyl or cyclic N) is 1. The predicted molar refractivity (Wildman–Crippen MR) is 79.6 cm³/mol. The molecule has 0 aromatic rings. The zero-order valence-electron chi connectivity index (χ0n) is 13.4. The molecule has 1 amide bonds. The normalized spacial score (nSPS) is 19.1. The summed E-state index contributed by atoms with van der Waals surface area (Å²) in [5.74, 6) is 0.245. The van der Waals surface area contributed by atoms with Gasteiger partial charge in [0.25, 0.3) is 0 Å². The highest BCUT2D eigenvalue weighted by molar-refractivity contribution is 5.82. The van der Waals surface area contributed by atoms with Crippen molar-refractivity contribution < 1.29 is 14.6 Å². The number of rotatable bonds is 7. The summed E-state index contributed by atoms with van der Waals surface area (Å²) in [6.07, 6.45) is 0.420. The number of carbonyl (C=O) groups excluding carboxylic acids is 1. The molecule has 118 valence electrons. The van der Waals surface area contributed by atoms with Gasteiger partial charge in [-0.2, -0.15) is 0 Å². The minimum Gasteiger partial charge on any atom is -0.389 e. The number of aliphatic hydroxyl groups is 1. The summed E-state index contributed by atoms with van der Waals surface area (Å²) in [7, 11) is 0. The van der Waals surface area contributed by atoms with E-state index in [0.717, 1.165) is 32.6 Å². The van der Waals surface area contributed by atoms with Gasteiger partial charge in [-0.15, -0.1) is 0 Å². The summed E-state index contributed by atoms with van der Waals surface area (Å²) < 4.78 is 5.21. The first kappa shape index (κ1) is 17.4. The lowest BCUT2D eigenvalue weighted by atomic mass is 9.88. The van der Waals surface area contributed by atoms with Crippen molar-refractivity contribution in [3.05, 3.63) is 0 Å². The lowest BCUT2D eigenvalue weighted by molar-refractivity contribution is -0.142. The Morgan fingerprint density at radius 3 is 2.35 bits per heavy atom. The van der Waals surface area contributed by atoms with Crippen molar-refractivity contribution in [3.63, 3.8) is 0 Å². The molecule has 0 radical (unpaired) electrons. The molecule has 1 heterocycles. The second-order valence-electron chi connectivity index (χ2n) is 6.14. The average molecular weight is 286 g/mol. The van der Waals surface area contributed by atoms with E-state index in [4.69, 9.17) is 4.74 Å². The predicted octanol–water partition coefficient (Wildman–Crippen LogP) is 0.964. The molecule has 0 spiro atoms. The van der Waals surface area contributed by atoms with Crippen LogP contribution in [0, 0.1) is 5.41 Å². The molecule has 0 unspecified atom stereocenters. The second kappa shape index (κ2) is 7.96. The quantitative estimate of drug-likeness (QED) is 0.757. The van der Waals surface area contributed by atoms with Gasteiger partial charge in [-0.25, -0.2) is 0 Å². The number of piperazine rings is 1. The molecule has 1 aliphatic rings. The van der Waals surface area contributed by atoms with Crippen LogP contribution in [0.4, 0.5) is 0 Å². The van der Waals surface area contributed by atoms with E-state index in [9.17, 15) is 9.90 Å². The maximum absolute atomic E-state index is 12.4. The number of carbonyl (C=O) groups is 1. The highest BCUT2D eigenvalue weighted by Gasteiger charge is 2.32. The summed E-state index contributed by atoms with van der Waals surface area (Å²) in [5, 5.41) is 9.83. The van der Waals surface area contributed by atoms with Gasteiger partial charge in [0.2, 0.25) is 5.91 Å². The van der Waals surface area contributed by atoms with E-state index >= 15 is 0 Å². The van der Waals surface area contributed by atoms with Crippen molar-refractivity contribution in [1.29, 1.82) is 0 Å². The van der Waals surface area contributed by atoms with Crippen LogP contribution in [0.1, 0.15) is 34.1 Å². The van der Waals surface area contributed by atoms with E-state index in [1.807, 2.05) is 25.7 Å². The first-order chi connectivity index (χ1) is 9.40. The van der Waals surface area contributed by atoms with E-state index in [1.165, 1.54) is 0 Å². The van der Waals surface area contributed by atoms with Gasteiger partial charge < -0.3 is 14.7 Å². The highest BCUT2D eigenvalue weighted by atomic mass is 16.5. The Hall–Kier alpha value is -0.650. The molecule has 1 atom stereocenters. The summed E-state index contributed by atoms with van der Waals surface area (Å²) >= 11 is 0. The number of hydrogen-bond donors (Lipinski definition) is 1. The average Bonchev–Trinajstić information content (AvgIpc) is 2.45. The molecule has 0 aromatic carbocycles. The molecular formula is C15H30N2O3. The zero-order valence-corrected chi connectivity index (χ0v) is 13.4. The SMILES string of the molecule is CCOC[C@@H](O)CN1CCN(C(=O)C(C)(C)CC)CC1. The molecule has 5 nitrogen and oxygen atoms in total. The summed E-state index contributed by atoms with van der Waals surface area (Å²) in [5.41, 5.74) is -0.267. The fourth-order valence-corrected chi connectivity index (χ4v) is 2.32.